The fraction of sp³-hybridized carbons (Fsp3) is 0.435. The number of H-pyrrole nitrogens is 1. The lowest BCUT2D eigenvalue weighted by Crippen LogP contribution is -2.61. The highest BCUT2D eigenvalue weighted by molar-refractivity contribution is 6.31. The van der Waals surface area contributed by atoms with Gasteiger partial charge in [-0.05, 0) is 18.1 Å². The van der Waals surface area contributed by atoms with Gasteiger partial charge in [-0.1, -0.05) is 25.4 Å². The van der Waals surface area contributed by atoms with Crippen LogP contribution in [0.2, 0.25) is 5.02 Å². The van der Waals surface area contributed by atoms with Gasteiger partial charge in [0.2, 0.25) is 5.91 Å². The molecule has 1 atom stereocenters. The number of alkyl halides is 3. The zero-order valence-corrected chi connectivity index (χ0v) is 20.8. The molecule has 0 aromatic carbocycles. The second-order valence-electron chi connectivity index (χ2n) is 8.95. The molecule has 1 saturated heterocycles. The number of halogens is 4. The highest BCUT2D eigenvalue weighted by Gasteiger charge is 2.38. The van der Waals surface area contributed by atoms with Gasteiger partial charge in [-0.2, -0.15) is 13.2 Å². The number of aromatic nitrogens is 4. The van der Waals surface area contributed by atoms with Crippen LogP contribution in [-0.4, -0.2) is 81.8 Å². The number of piperazine rings is 1. The van der Waals surface area contributed by atoms with Crippen LogP contribution in [0.3, 0.4) is 0 Å². The van der Waals surface area contributed by atoms with Gasteiger partial charge in [0.25, 0.3) is 0 Å². The number of aromatic amines is 1. The number of hydrogen-bond acceptors (Lipinski definition) is 7. The van der Waals surface area contributed by atoms with Crippen LogP contribution in [0.25, 0.3) is 22.4 Å². The van der Waals surface area contributed by atoms with E-state index in [9.17, 15) is 22.8 Å². The van der Waals surface area contributed by atoms with Crippen molar-refractivity contribution in [2.24, 2.45) is 5.92 Å². The lowest BCUT2D eigenvalue weighted by atomic mass is 10.1. The Balaban J connectivity index is 0.00000267. The van der Waals surface area contributed by atoms with Crippen LogP contribution in [0.15, 0.2) is 30.7 Å². The maximum absolute atomic E-state index is 12.9. The molecule has 4 heterocycles. The van der Waals surface area contributed by atoms with Crippen molar-refractivity contribution in [3.05, 3.63) is 35.7 Å². The third kappa shape index (κ3) is 6.40. The molecule has 10 nitrogen and oxygen atoms in total. The van der Waals surface area contributed by atoms with Crippen molar-refractivity contribution in [2.75, 3.05) is 37.7 Å². The number of ether oxygens (including phenoxy) is 1. The van der Waals surface area contributed by atoms with E-state index in [4.69, 9.17) is 16.3 Å². The maximum Gasteiger partial charge on any atom is 0.409 e. The molecule has 4 rings (SSSR count). The molecule has 0 aliphatic carbocycles. The molecule has 0 radical (unpaired) electrons. The van der Waals surface area contributed by atoms with Crippen LogP contribution in [0.4, 0.5) is 23.8 Å². The number of carbonyl (C=O) groups excluding carboxylic acids is 2. The summed E-state index contributed by atoms with van der Waals surface area (Å²) in [5, 5.41) is 3.02. The second-order valence-corrected chi connectivity index (χ2v) is 9.39. The van der Waals surface area contributed by atoms with Gasteiger partial charge >= 0.3 is 12.3 Å². The predicted octanol–water partition coefficient (Wildman–Crippen LogP) is 4.13. The van der Waals surface area contributed by atoms with E-state index in [1.807, 2.05) is 19.2 Å². The zero-order chi connectivity index (χ0) is 26.7. The Morgan fingerprint density at radius 3 is 2.84 bits per heavy atom. The van der Waals surface area contributed by atoms with E-state index < -0.39 is 30.8 Å². The summed E-state index contributed by atoms with van der Waals surface area (Å²) in [5.41, 5.74) is 1.19. The molecular weight excluding hydrogens is 515 g/mol. The van der Waals surface area contributed by atoms with Gasteiger partial charge in [0, 0.05) is 45.5 Å². The standard InChI is InChI=1S/C23H25ClF3N7O3.2H2/c1-13(2)11-37-22(36)33-5-6-34(17(10-33)21(35)31-12-23(25,26)27)18-3-4-28-20(32-18)16-9-30-19-15(16)7-14(24)8-29-19;;/h3-4,7-9,13,17H,5-6,10-12H2,1-2H3,(H,29,30)(H,31,35);2*1H/t17-;;/m1../s1. The van der Waals surface area contributed by atoms with Gasteiger partial charge in [0.05, 0.1) is 18.2 Å². The largest absolute Gasteiger partial charge is 0.449 e. The topological polar surface area (TPSA) is 116 Å². The normalized spacial score (nSPS) is 16.4. The number of pyridine rings is 1. The molecule has 37 heavy (non-hydrogen) atoms. The summed E-state index contributed by atoms with van der Waals surface area (Å²) in [5.74, 6) is -0.162. The molecule has 3 aromatic rings. The van der Waals surface area contributed by atoms with Crippen LogP contribution in [0.5, 0.6) is 0 Å². The van der Waals surface area contributed by atoms with Gasteiger partial charge in [-0.15, -0.1) is 0 Å². The average Bonchev–Trinajstić information content (AvgIpc) is 3.28. The van der Waals surface area contributed by atoms with E-state index in [1.54, 1.807) is 23.2 Å². The van der Waals surface area contributed by atoms with Crippen molar-refractivity contribution in [3.8, 4) is 11.4 Å². The van der Waals surface area contributed by atoms with Gasteiger partial charge in [0.15, 0.2) is 5.82 Å². The Morgan fingerprint density at radius 2 is 2.11 bits per heavy atom. The minimum Gasteiger partial charge on any atom is -0.449 e. The average molecular weight is 544 g/mol. The third-order valence-electron chi connectivity index (χ3n) is 5.62. The molecule has 0 bridgehead atoms. The number of amides is 2. The first-order valence-electron chi connectivity index (χ1n) is 11.5. The minimum atomic E-state index is -4.59. The number of hydrogen-bond donors (Lipinski definition) is 2. The molecule has 1 aliphatic rings. The number of carbonyl (C=O) groups is 2. The van der Waals surface area contributed by atoms with E-state index >= 15 is 0 Å². The van der Waals surface area contributed by atoms with Crippen molar-refractivity contribution in [1.29, 1.82) is 0 Å². The fourth-order valence-electron chi connectivity index (χ4n) is 3.88. The van der Waals surface area contributed by atoms with Crippen molar-refractivity contribution >= 4 is 40.5 Å². The summed E-state index contributed by atoms with van der Waals surface area (Å²) < 4.78 is 43.7. The fourth-order valence-corrected chi connectivity index (χ4v) is 4.04. The molecule has 3 aromatic heterocycles. The van der Waals surface area contributed by atoms with Gasteiger partial charge in [-0.3, -0.25) is 4.79 Å². The lowest BCUT2D eigenvalue weighted by Gasteiger charge is -2.40. The Hall–Kier alpha value is -3.61. The van der Waals surface area contributed by atoms with E-state index in [0.717, 1.165) is 0 Å². The van der Waals surface area contributed by atoms with Gasteiger partial charge in [0.1, 0.15) is 24.1 Å². The van der Waals surface area contributed by atoms with E-state index in [2.05, 4.69) is 19.9 Å². The number of rotatable bonds is 6. The molecule has 0 saturated carbocycles. The van der Waals surface area contributed by atoms with Crippen LogP contribution in [0.1, 0.15) is 16.7 Å². The summed E-state index contributed by atoms with van der Waals surface area (Å²) in [4.78, 5) is 44.4. The first kappa shape index (κ1) is 26.5. The van der Waals surface area contributed by atoms with Crippen LogP contribution < -0.4 is 10.2 Å². The van der Waals surface area contributed by atoms with Crippen molar-refractivity contribution in [1.82, 2.24) is 30.2 Å². The summed E-state index contributed by atoms with van der Waals surface area (Å²) in [6, 6.07) is 2.13. The number of nitrogens with zero attached hydrogens (tertiary/aromatic N) is 5. The van der Waals surface area contributed by atoms with Gasteiger partial charge in [-0.25, -0.2) is 19.7 Å². The molecule has 202 valence electrons. The first-order valence-corrected chi connectivity index (χ1v) is 11.9. The SMILES string of the molecule is CC(C)COC(=O)N1CCN(c2ccnc(-c3c[nH]c4ncc(Cl)cc34)n2)[C@@H](C(=O)NCC(F)(F)F)C1.[HH].[HH]. The highest BCUT2D eigenvalue weighted by Crippen LogP contribution is 2.29. The lowest BCUT2D eigenvalue weighted by molar-refractivity contribution is -0.139. The smallest absolute Gasteiger partial charge is 0.409 e. The zero-order valence-electron chi connectivity index (χ0n) is 20.0. The maximum atomic E-state index is 12.9. The van der Waals surface area contributed by atoms with E-state index in [0.29, 0.717) is 33.3 Å². The Morgan fingerprint density at radius 1 is 1.32 bits per heavy atom. The van der Waals surface area contributed by atoms with Crippen molar-refractivity contribution in [3.63, 3.8) is 0 Å². The summed E-state index contributed by atoms with van der Waals surface area (Å²) in [7, 11) is 0. The highest BCUT2D eigenvalue weighted by atomic mass is 35.5. The number of fused-ring (bicyclic) bond motifs is 1. The molecule has 0 unspecified atom stereocenters. The quantitative estimate of drug-likeness (QED) is 0.480. The van der Waals surface area contributed by atoms with Gasteiger partial charge < -0.3 is 24.8 Å². The Kier molecular flexibility index (Phi) is 7.71. The van der Waals surface area contributed by atoms with E-state index in [-0.39, 0.29) is 35.0 Å². The van der Waals surface area contributed by atoms with Crippen LogP contribution in [-0.2, 0) is 9.53 Å². The molecule has 2 amide bonds. The van der Waals surface area contributed by atoms with Crippen LogP contribution in [0, 0.1) is 5.92 Å². The van der Waals surface area contributed by atoms with Crippen molar-refractivity contribution < 1.29 is 30.4 Å². The number of anilines is 1. The van der Waals surface area contributed by atoms with Crippen molar-refractivity contribution in [2.45, 2.75) is 26.1 Å². The summed E-state index contributed by atoms with van der Waals surface area (Å²) in [6.45, 7) is 2.60. The molecular formula is C23H29ClF3N7O3. The third-order valence-corrected chi connectivity index (χ3v) is 5.82. The summed E-state index contributed by atoms with van der Waals surface area (Å²) in [6.07, 6.45) is -0.561. The first-order chi connectivity index (χ1) is 17.5. The summed E-state index contributed by atoms with van der Waals surface area (Å²) >= 11 is 6.09. The Labute approximate surface area is 218 Å². The van der Waals surface area contributed by atoms with E-state index in [1.165, 1.54) is 17.3 Å². The minimum absolute atomic E-state index is 0. The molecule has 1 fully saturated rings. The monoisotopic (exact) mass is 543 g/mol. The molecule has 0 spiro atoms. The molecule has 2 N–H and O–H groups in total. The number of nitrogens with one attached hydrogen (secondary N) is 2. The molecule has 14 heteroatoms. The second kappa shape index (κ2) is 10.8. The predicted molar refractivity (Wildman–Crippen MR) is 134 cm³/mol. The Bertz CT molecular complexity index is 1300. The molecule has 1 aliphatic heterocycles. The van der Waals surface area contributed by atoms with Crippen LogP contribution >= 0.6 is 11.6 Å².